The maximum Gasteiger partial charge on any atom is 0.416 e. The maximum atomic E-state index is 13.3. The van der Waals surface area contributed by atoms with Gasteiger partial charge < -0.3 is 15.2 Å². The molecule has 3 aromatic rings. The summed E-state index contributed by atoms with van der Waals surface area (Å²) in [6.45, 7) is 0. The van der Waals surface area contributed by atoms with Gasteiger partial charge >= 0.3 is 6.18 Å². The van der Waals surface area contributed by atoms with E-state index in [0.29, 0.717) is 11.4 Å². The zero-order valence-electron chi connectivity index (χ0n) is 14.4. The number of rotatable bonds is 3. The monoisotopic (exact) mass is 385 g/mol. The van der Waals surface area contributed by atoms with Crippen molar-refractivity contribution in [3.63, 3.8) is 0 Å². The van der Waals surface area contributed by atoms with Crippen LogP contribution in [0.3, 0.4) is 0 Å². The molecule has 2 N–H and O–H groups in total. The molecule has 0 saturated carbocycles. The second kappa shape index (κ2) is 6.56. The number of hydrogen-bond acceptors (Lipinski definition) is 2. The summed E-state index contributed by atoms with van der Waals surface area (Å²) >= 11 is 0. The number of anilines is 2. The number of nitrogens with one attached hydrogen (secondary N) is 2. The van der Waals surface area contributed by atoms with Crippen LogP contribution in [0.25, 0.3) is 5.69 Å². The summed E-state index contributed by atoms with van der Waals surface area (Å²) < 4.78 is 41.4. The SMILES string of the molecule is O=C1Cc2ccc(NC(=O)c3cc(-n4cccc4)cc(C(F)(F)F)c3)cc2N1. The Morgan fingerprint density at radius 3 is 2.54 bits per heavy atom. The molecule has 1 aromatic heterocycles. The number of benzene rings is 2. The Balaban J connectivity index is 1.66. The Labute approximate surface area is 157 Å². The number of amides is 2. The van der Waals surface area contributed by atoms with Crippen molar-refractivity contribution in [2.45, 2.75) is 12.6 Å². The standard InChI is InChI=1S/C20H14F3N3O2/c21-20(22,23)14-7-13(8-16(10-14)26-5-1-2-6-26)19(28)24-15-4-3-12-9-18(27)25-17(12)11-15/h1-8,10-11H,9H2,(H,24,28)(H,25,27). The van der Waals surface area contributed by atoms with Crippen LogP contribution in [0.2, 0.25) is 0 Å². The van der Waals surface area contributed by atoms with Crippen molar-refractivity contribution in [3.05, 3.63) is 77.6 Å². The fourth-order valence-electron chi connectivity index (χ4n) is 3.06. The zero-order valence-corrected chi connectivity index (χ0v) is 14.4. The van der Waals surface area contributed by atoms with Crippen LogP contribution >= 0.6 is 0 Å². The van der Waals surface area contributed by atoms with Gasteiger partial charge in [-0.3, -0.25) is 9.59 Å². The molecule has 4 rings (SSSR count). The summed E-state index contributed by atoms with van der Waals surface area (Å²) in [6, 6.07) is 11.4. The molecule has 28 heavy (non-hydrogen) atoms. The van der Waals surface area contributed by atoms with Gasteiger partial charge in [-0.1, -0.05) is 6.07 Å². The van der Waals surface area contributed by atoms with Gasteiger partial charge in [0.05, 0.1) is 12.0 Å². The average Bonchev–Trinajstić information content (AvgIpc) is 3.29. The second-order valence-corrected chi connectivity index (χ2v) is 6.41. The third-order valence-electron chi connectivity index (χ3n) is 4.40. The molecule has 1 aliphatic rings. The van der Waals surface area contributed by atoms with E-state index in [1.54, 1.807) is 42.7 Å². The minimum atomic E-state index is -4.59. The average molecular weight is 385 g/mol. The Morgan fingerprint density at radius 1 is 1.07 bits per heavy atom. The van der Waals surface area contributed by atoms with Crippen molar-refractivity contribution < 1.29 is 22.8 Å². The summed E-state index contributed by atoms with van der Waals surface area (Å²) in [6.07, 6.45) is -1.13. The first kappa shape index (κ1) is 17.8. The van der Waals surface area contributed by atoms with Crippen LogP contribution in [0.4, 0.5) is 24.5 Å². The number of alkyl halides is 3. The molecular weight excluding hydrogens is 371 g/mol. The zero-order chi connectivity index (χ0) is 19.9. The third-order valence-corrected chi connectivity index (χ3v) is 4.40. The highest BCUT2D eigenvalue weighted by atomic mass is 19.4. The van der Waals surface area contributed by atoms with Crippen LogP contribution < -0.4 is 10.6 Å². The van der Waals surface area contributed by atoms with Gasteiger partial charge in [0.25, 0.3) is 5.91 Å². The van der Waals surface area contributed by atoms with Crippen LogP contribution in [0.5, 0.6) is 0 Å². The van der Waals surface area contributed by atoms with E-state index in [1.807, 2.05) is 0 Å². The maximum absolute atomic E-state index is 13.3. The normalized spacial score (nSPS) is 13.2. The van der Waals surface area contributed by atoms with Crippen LogP contribution in [0.1, 0.15) is 21.5 Å². The van der Waals surface area contributed by atoms with E-state index in [-0.39, 0.29) is 23.6 Å². The number of aromatic nitrogens is 1. The molecule has 0 spiro atoms. The lowest BCUT2D eigenvalue weighted by molar-refractivity contribution is -0.137. The number of carbonyl (C=O) groups is 2. The molecule has 0 fully saturated rings. The molecule has 2 heterocycles. The van der Waals surface area contributed by atoms with Gasteiger partial charge in [-0.2, -0.15) is 13.2 Å². The fraction of sp³-hybridized carbons (Fsp3) is 0.100. The lowest BCUT2D eigenvalue weighted by atomic mass is 10.1. The van der Waals surface area contributed by atoms with Crippen molar-refractivity contribution in [3.8, 4) is 5.69 Å². The predicted molar refractivity (Wildman–Crippen MR) is 97.5 cm³/mol. The van der Waals surface area contributed by atoms with Crippen molar-refractivity contribution in [1.82, 2.24) is 4.57 Å². The number of hydrogen-bond donors (Lipinski definition) is 2. The lowest BCUT2D eigenvalue weighted by Crippen LogP contribution is -2.15. The number of halogens is 3. The summed E-state index contributed by atoms with van der Waals surface area (Å²) in [5.41, 5.74) is 0.960. The molecule has 0 bridgehead atoms. The fourth-order valence-corrected chi connectivity index (χ4v) is 3.06. The molecule has 2 amide bonds. The van der Waals surface area contributed by atoms with Gasteiger partial charge in [0.2, 0.25) is 5.91 Å². The Hall–Kier alpha value is -3.55. The first-order valence-corrected chi connectivity index (χ1v) is 8.39. The summed E-state index contributed by atoms with van der Waals surface area (Å²) in [4.78, 5) is 24.0. The van der Waals surface area contributed by atoms with E-state index in [9.17, 15) is 22.8 Å². The Bertz CT molecular complexity index is 1070. The Kier molecular flexibility index (Phi) is 4.18. The smallest absolute Gasteiger partial charge is 0.325 e. The highest BCUT2D eigenvalue weighted by Crippen LogP contribution is 2.32. The number of carbonyl (C=O) groups excluding carboxylic acids is 2. The van der Waals surface area contributed by atoms with E-state index >= 15 is 0 Å². The van der Waals surface area contributed by atoms with Gasteiger partial charge in [0.1, 0.15) is 0 Å². The molecule has 0 saturated heterocycles. The lowest BCUT2D eigenvalue weighted by Gasteiger charge is -2.13. The van der Waals surface area contributed by atoms with Crippen molar-refractivity contribution >= 4 is 23.2 Å². The molecular formula is C20H14F3N3O2. The van der Waals surface area contributed by atoms with E-state index in [1.165, 1.54) is 10.6 Å². The van der Waals surface area contributed by atoms with Crippen molar-refractivity contribution in [2.24, 2.45) is 0 Å². The minimum Gasteiger partial charge on any atom is -0.325 e. The molecule has 0 radical (unpaired) electrons. The summed E-state index contributed by atoms with van der Waals surface area (Å²) in [5.74, 6) is -0.823. The minimum absolute atomic E-state index is 0.122. The van der Waals surface area contributed by atoms with E-state index in [2.05, 4.69) is 10.6 Å². The quantitative estimate of drug-likeness (QED) is 0.708. The molecule has 8 heteroatoms. The molecule has 1 aliphatic heterocycles. The molecule has 2 aromatic carbocycles. The van der Waals surface area contributed by atoms with Gasteiger partial charge in [-0.05, 0) is 48.0 Å². The van der Waals surface area contributed by atoms with Gasteiger partial charge in [-0.15, -0.1) is 0 Å². The van der Waals surface area contributed by atoms with Gasteiger partial charge in [0.15, 0.2) is 0 Å². The van der Waals surface area contributed by atoms with Crippen LogP contribution in [-0.2, 0) is 17.4 Å². The van der Waals surface area contributed by atoms with Crippen LogP contribution in [-0.4, -0.2) is 16.4 Å². The molecule has 142 valence electrons. The Morgan fingerprint density at radius 2 is 1.82 bits per heavy atom. The van der Waals surface area contributed by atoms with E-state index in [4.69, 9.17) is 0 Å². The van der Waals surface area contributed by atoms with E-state index < -0.39 is 17.6 Å². The molecule has 0 aliphatic carbocycles. The summed E-state index contributed by atoms with van der Waals surface area (Å²) in [7, 11) is 0. The third kappa shape index (κ3) is 3.48. The largest absolute Gasteiger partial charge is 0.416 e. The van der Waals surface area contributed by atoms with E-state index in [0.717, 1.165) is 17.7 Å². The number of fused-ring (bicyclic) bond motifs is 1. The van der Waals surface area contributed by atoms with Crippen LogP contribution in [0.15, 0.2) is 60.9 Å². The first-order chi connectivity index (χ1) is 13.3. The van der Waals surface area contributed by atoms with Crippen molar-refractivity contribution in [2.75, 3.05) is 10.6 Å². The molecule has 0 unspecified atom stereocenters. The second-order valence-electron chi connectivity index (χ2n) is 6.41. The van der Waals surface area contributed by atoms with Crippen LogP contribution in [0, 0.1) is 0 Å². The molecule has 0 atom stereocenters. The highest BCUT2D eigenvalue weighted by Gasteiger charge is 2.32. The van der Waals surface area contributed by atoms with Gasteiger partial charge in [-0.25, -0.2) is 0 Å². The number of nitrogens with zero attached hydrogens (tertiary/aromatic N) is 1. The molecule has 5 nitrogen and oxygen atoms in total. The predicted octanol–water partition coefficient (Wildman–Crippen LogP) is 4.24. The van der Waals surface area contributed by atoms with Crippen molar-refractivity contribution in [1.29, 1.82) is 0 Å². The summed E-state index contributed by atoms with van der Waals surface area (Å²) in [5, 5.41) is 5.25. The van der Waals surface area contributed by atoms with Gasteiger partial charge in [0, 0.05) is 35.0 Å². The topological polar surface area (TPSA) is 63.1 Å². The highest BCUT2D eigenvalue weighted by molar-refractivity contribution is 6.06. The first-order valence-electron chi connectivity index (χ1n) is 8.39.